The van der Waals surface area contributed by atoms with Crippen LogP contribution < -0.4 is 5.19 Å². The first-order chi connectivity index (χ1) is 32.0. The molecule has 6 aromatic carbocycles. The van der Waals surface area contributed by atoms with E-state index in [1.54, 1.807) is 0 Å². The molecular weight excluding hydrogens is 1000 g/mol. The number of aryl methyl sites for hydroxylation is 1. The van der Waals surface area contributed by atoms with Gasteiger partial charge in [-0.3, -0.25) is 4.98 Å². The van der Waals surface area contributed by atoms with Crippen molar-refractivity contribution in [3.63, 3.8) is 0 Å². The number of furan rings is 1. The minimum Gasteiger partial charge on any atom is -0.486 e. The Morgan fingerprint density at radius 3 is 2.00 bits per heavy atom. The van der Waals surface area contributed by atoms with Crippen molar-refractivity contribution in [2.45, 2.75) is 73.0 Å². The third-order valence-corrected chi connectivity index (χ3v) is 13.7. The first kappa shape index (κ1) is 43.6. The van der Waals surface area contributed by atoms with Crippen LogP contribution in [-0.4, -0.2) is 27.6 Å². The van der Waals surface area contributed by atoms with Crippen molar-refractivity contribution in [2.75, 3.05) is 0 Å². The Bertz CT molecular complexity index is 3330. The number of benzene rings is 6. The average molecular weight is 1060 g/mol. The smallest absolute Gasteiger partial charge is 0.216 e. The zero-order chi connectivity index (χ0) is 47.3. The predicted molar refractivity (Wildman–Crippen MR) is 275 cm³/mol. The van der Waals surface area contributed by atoms with Gasteiger partial charge in [0, 0.05) is 51.3 Å². The Kier molecular flexibility index (Phi) is 12.5. The summed E-state index contributed by atoms with van der Waals surface area (Å²) in [6.45, 7) is 19.4. The van der Waals surface area contributed by atoms with Crippen molar-refractivity contribution in [1.82, 2.24) is 19.5 Å². The molecule has 4 heterocycles. The zero-order valence-corrected chi connectivity index (χ0v) is 42.5. The number of para-hydroxylation sites is 2. The maximum Gasteiger partial charge on any atom is 0.216 e. The van der Waals surface area contributed by atoms with Gasteiger partial charge in [-0.1, -0.05) is 150 Å². The second-order valence-corrected chi connectivity index (χ2v) is 24.1. The topological polar surface area (TPSA) is 56.7 Å². The van der Waals surface area contributed by atoms with Crippen molar-refractivity contribution in [3.8, 4) is 50.6 Å². The molecule has 0 saturated carbocycles. The van der Waals surface area contributed by atoms with E-state index in [0.29, 0.717) is 5.71 Å². The number of pyridine rings is 2. The van der Waals surface area contributed by atoms with E-state index in [1.807, 2.05) is 75.5 Å². The molecule has 0 saturated heterocycles. The Labute approximate surface area is 407 Å². The van der Waals surface area contributed by atoms with Gasteiger partial charge in [0.15, 0.2) is 0 Å². The fourth-order valence-corrected chi connectivity index (χ4v) is 9.87. The molecule has 0 bridgehead atoms. The van der Waals surface area contributed by atoms with E-state index >= 15 is 0 Å². The van der Waals surface area contributed by atoms with Gasteiger partial charge in [-0.05, 0) is 88.6 Å². The van der Waals surface area contributed by atoms with Gasteiger partial charge in [-0.15, -0.1) is 54.1 Å². The van der Waals surface area contributed by atoms with E-state index in [1.165, 1.54) is 5.56 Å². The van der Waals surface area contributed by atoms with Gasteiger partial charge in [-0.25, -0.2) is 4.98 Å². The van der Waals surface area contributed by atoms with E-state index in [9.17, 15) is 0 Å². The summed E-state index contributed by atoms with van der Waals surface area (Å²) >= 11 is 0. The number of fused-ring (bicyclic) bond motifs is 4. The standard InChI is InChI=1S/C41H32N3O.C18H24NSi.Ir/c1-26-22-23-31-30-18-13-19-32(38(30)45-40(31)42-26)39-43-35-20-11-12-21-36(35)44(39)37-33(27-14-7-5-8-15-27)24-29(41(2,3)4)25-34(37)28-16-9-6-10-17-28;1-14(2)11-16-12-17(15-9-7-6-8-10-15)19-13-18(16)20(3,4)5;/h5-18,20-25H,1-4H3;6-9,12-14H,11H2,1-5H3;/q2*-1;/i;11D2;. The van der Waals surface area contributed by atoms with E-state index < -0.39 is 14.4 Å². The van der Waals surface area contributed by atoms with Crippen LogP contribution in [0.1, 0.15) is 54.2 Å². The van der Waals surface area contributed by atoms with Gasteiger partial charge >= 0.3 is 0 Å². The van der Waals surface area contributed by atoms with Gasteiger partial charge in [0.2, 0.25) is 5.71 Å². The normalized spacial score (nSPS) is 12.5. The summed E-state index contributed by atoms with van der Waals surface area (Å²) in [5.74, 6) is 0.688. The van der Waals surface area contributed by atoms with Gasteiger partial charge in [0.1, 0.15) is 0 Å². The fraction of sp³-hybridized carbons (Fsp3) is 0.203. The average Bonchev–Trinajstić information content (AvgIpc) is 3.89. The summed E-state index contributed by atoms with van der Waals surface area (Å²) in [6, 6.07) is 58.9. The number of aromatic nitrogens is 4. The van der Waals surface area contributed by atoms with Crippen molar-refractivity contribution in [3.05, 3.63) is 187 Å². The summed E-state index contributed by atoms with van der Waals surface area (Å²) < 4.78 is 25.9. The fourth-order valence-electron chi connectivity index (χ4n) is 8.47. The summed E-state index contributed by atoms with van der Waals surface area (Å²) in [7, 11) is -1.67. The Morgan fingerprint density at radius 1 is 0.727 bits per heavy atom. The van der Waals surface area contributed by atoms with Gasteiger partial charge < -0.3 is 14.0 Å². The van der Waals surface area contributed by atoms with Crippen LogP contribution in [0.3, 0.4) is 0 Å². The maximum atomic E-state index is 8.55. The van der Waals surface area contributed by atoms with Crippen molar-refractivity contribution in [1.29, 1.82) is 0 Å². The van der Waals surface area contributed by atoms with Crippen molar-refractivity contribution >= 4 is 46.4 Å². The first-order valence-electron chi connectivity index (χ1n) is 23.5. The molecule has 0 aliphatic carbocycles. The van der Waals surface area contributed by atoms with Crippen LogP contribution in [0.2, 0.25) is 19.6 Å². The van der Waals surface area contributed by atoms with Crippen LogP contribution in [0.5, 0.6) is 0 Å². The SMILES string of the molecule is Cc1ccc2c(n1)oc1c(-c3nc4ccccc4n3-c3c(-c4ccccc4)cc(C(C)(C)C)cc3-c3ccccc3)[c-]ccc12.[2H]C([2H])(c1cc(-c2[c-]cccc2)ncc1[Si](C)(C)C)C(C)C.[Ir]. The zero-order valence-electron chi connectivity index (χ0n) is 41.1. The molecule has 4 aromatic heterocycles. The Hall–Kier alpha value is -6.24. The first-order valence-corrected chi connectivity index (χ1v) is 26.0. The van der Waals surface area contributed by atoms with Crippen LogP contribution in [0.15, 0.2) is 162 Å². The van der Waals surface area contributed by atoms with Gasteiger partial charge in [0.25, 0.3) is 0 Å². The molecule has 0 aliphatic heterocycles. The van der Waals surface area contributed by atoms with Crippen LogP contribution in [0, 0.1) is 25.0 Å². The molecule has 66 heavy (non-hydrogen) atoms. The molecular formula is C59H56IrN4OSi-2. The largest absolute Gasteiger partial charge is 0.486 e. The third-order valence-electron chi connectivity index (χ3n) is 11.7. The van der Waals surface area contributed by atoms with E-state index in [2.05, 4.69) is 165 Å². The predicted octanol–water partition coefficient (Wildman–Crippen LogP) is 15.0. The minimum absolute atomic E-state index is 0. The number of hydrogen-bond acceptors (Lipinski definition) is 4. The molecule has 333 valence electrons. The molecule has 0 amide bonds. The molecule has 10 rings (SSSR count). The third kappa shape index (κ3) is 9.39. The second kappa shape index (κ2) is 18.9. The van der Waals surface area contributed by atoms with E-state index in [-0.39, 0.29) is 31.4 Å². The van der Waals surface area contributed by atoms with Crippen LogP contribution in [0.4, 0.5) is 0 Å². The monoisotopic (exact) mass is 1060 g/mol. The molecule has 10 aromatic rings. The van der Waals surface area contributed by atoms with Gasteiger partial charge in [-0.2, -0.15) is 0 Å². The van der Waals surface area contributed by atoms with Crippen LogP contribution in [-0.2, 0) is 31.9 Å². The quantitative estimate of drug-likeness (QED) is 0.112. The Morgan fingerprint density at radius 2 is 1.38 bits per heavy atom. The number of imidazole rings is 1. The molecule has 1 radical (unpaired) electrons. The number of hydrogen-bond donors (Lipinski definition) is 0. The molecule has 5 nitrogen and oxygen atoms in total. The molecule has 0 unspecified atom stereocenters. The van der Waals surface area contributed by atoms with E-state index in [0.717, 1.165) is 94.4 Å². The molecule has 0 aliphatic rings. The summed E-state index contributed by atoms with van der Waals surface area (Å²) in [4.78, 5) is 14.6. The second-order valence-electron chi connectivity index (χ2n) is 19.1. The van der Waals surface area contributed by atoms with Crippen LogP contribution in [0.25, 0.3) is 83.7 Å². The molecule has 0 spiro atoms. The molecule has 0 fully saturated rings. The molecule has 7 heteroatoms. The number of nitrogens with zero attached hydrogens (tertiary/aromatic N) is 4. The summed E-state index contributed by atoms with van der Waals surface area (Å²) in [6.07, 6.45) is 0.528. The number of rotatable bonds is 8. The molecule has 0 N–H and O–H groups in total. The molecule has 0 atom stereocenters. The van der Waals surface area contributed by atoms with E-state index in [4.69, 9.17) is 17.1 Å². The summed E-state index contributed by atoms with van der Waals surface area (Å²) in [5, 5.41) is 3.09. The Balaban J connectivity index is 0.000000230. The van der Waals surface area contributed by atoms with Crippen molar-refractivity contribution < 1.29 is 27.3 Å². The summed E-state index contributed by atoms with van der Waals surface area (Å²) in [5.41, 5.74) is 14.3. The van der Waals surface area contributed by atoms with Crippen LogP contribution >= 0.6 is 0 Å². The van der Waals surface area contributed by atoms with Gasteiger partial charge in [0.05, 0.1) is 36.2 Å². The van der Waals surface area contributed by atoms with Crippen molar-refractivity contribution in [2.24, 2.45) is 5.92 Å². The maximum absolute atomic E-state index is 8.55. The minimum atomic E-state index is -1.67.